The summed E-state index contributed by atoms with van der Waals surface area (Å²) >= 11 is 0. The number of amides is 1. The minimum Gasteiger partial charge on any atom is -0.480 e. The van der Waals surface area contributed by atoms with Crippen LogP contribution in [-0.2, 0) is 16.0 Å². The van der Waals surface area contributed by atoms with Gasteiger partial charge in [-0.3, -0.25) is 4.79 Å². The molecule has 1 fully saturated rings. The molecule has 0 radical (unpaired) electrons. The third kappa shape index (κ3) is 3.99. The van der Waals surface area contributed by atoms with Gasteiger partial charge in [0, 0.05) is 6.04 Å². The number of rotatable bonds is 5. The van der Waals surface area contributed by atoms with Gasteiger partial charge in [-0.2, -0.15) is 0 Å². The normalized spacial score (nSPS) is 19.6. The lowest BCUT2D eigenvalue weighted by Crippen LogP contribution is -2.44. The van der Waals surface area contributed by atoms with Gasteiger partial charge in [0.1, 0.15) is 17.5 Å². The van der Waals surface area contributed by atoms with Gasteiger partial charge in [-0.1, -0.05) is 30.3 Å². The number of benzene rings is 2. The van der Waals surface area contributed by atoms with Crippen molar-refractivity contribution in [2.24, 2.45) is 0 Å². The van der Waals surface area contributed by atoms with E-state index in [0.717, 1.165) is 17.7 Å². The Bertz CT molecular complexity index is 742. The maximum atomic E-state index is 12.5. The van der Waals surface area contributed by atoms with Crippen molar-refractivity contribution in [2.75, 3.05) is 0 Å². The Hall–Kier alpha value is -2.82. The van der Waals surface area contributed by atoms with Crippen LogP contribution < -0.4 is 4.74 Å². The Morgan fingerprint density at radius 1 is 1.04 bits per heavy atom. The van der Waals surface area contributed by atoms with Gasteiger partial charge < -0.3 is 14.7 Å². The summed E-state index contributed by atoms with van der Waals surface area (Å²) in [5, 5.41) is 9.28. The van der Waals surface area contributed by atoms with E-state index in [1.807, 2.05) is 61.5 Å². The van der Waals surface area contributed by atoms with E-state index < -0.39 is 12.0 Å². The molecule has 1 amide bonds. The van der Waals surface area contributed by atoms with Crippen molar-refractivity contribution in [1.29, 1.82) is 0 Å². The lowest BCUT2D eigenvalue weighted by atomic mass is 10.1. The fraction of sp³-hybridized carbons (Fsp3) is 0.300. The van der Waals surface area contributed by atoms with Gasteiger partial charge in [0.05, 0.1) is 6.42 Å². The third-order valence-electron chi connectivity index (χ3n) is 4.50. The van der Waals surface area contributed by atoms with Crippen LogP contribution in [0.4, 0.5) is 0 Å². The molecule has 1 aliphatic rings. The molecule has 2 atom stereocenters. The molecule has 1 aliphatic heterocycles. The lowest BCUT2D eigenvalue weighted by Gasteiger charge is -2.26. The monoisotopic (exact) mass is 339 g/mol. The number of carboxylic acid groups (broad SMARTS) is 1. The molecular weight excluding hydrogens is 318 g/mol. The predicted octanol–water partition coefficient (Wildman–Crippen LogP) is 3.49. The molecule has 0 aromatic heterocycles. The van der Waals surface area contributed by atoms with E-state index >= 15 is 0 Å². The number of aliphatic carboxylic acids is 1. The van der Waals surface area contributed by atoms with Crippen LogP contribution in [0.25, 0.3) is 0 Å². The zero-order chi connectivity index (χ0) is 17.8. The summed E-state index contributed by atoms with van der Waals surface area (Å²) in [7, 11) is 0. The SMILES string of the molecule is CC1CCC(C(=O)O)N1C(=O)Cc1ccc(Oc2ccccc2)cc1. The molecule has 2 aromatic rings. The summed E-state index contributed by atoms with van der Waals surface area (Å²) in [5.74, 6) is 0.375. The second-order valence-electron chi connectivity index (χ2n) is 6.32. The standard InChI is InChI=1S/C20H21NO4/c1-14-7-12-18(20(23)24)21(14)19(22)13-15-8-10-17(11-9-15)25-16-5-3-2-4-6-16/h2-6,8-11,14,18H,7,12-13H2,1H3,(H,23,24). The third-order valence-corrected chi connectivity index (χ3v) is 4.50. The summed E-state index contributed by atoms with van der Waals surface area (Å²) in [6.45, 7) is 1.90. The molecule has 5 nitrogen and oxygen atoms in total. The van der Waals surface area contributed by atoms with E-state index in [0.29, 0.717) is 12.2 Å². The Kier molecular flexibility index (Phi) is 5.03. The predicted molar refractivity (Wildman–Crippen MR) is 93.6 cm³/mol. The minimum absolute atomic E-state index is 0.0331. The topological polar surface area (TPSA) is 66.8 Å². The number of hydrogen-bond donors (Lipinski definition) is 1. The molecule has 5 heteroatoms. The summed E-state index contributed by atoms with van der Waals surface area (Å²) in [5.41, 5.74) is 0.841. The number of para-hydroxylation sites is 1. The fourth-order valence-electron chi connectivity index (χ4n) is 3.21. The van der Waals surface area contributed by atoms with E-state index in [-0.39, 0.29) is 18.4 Å². The van der Waals surface area contributed by atoms with Gasteiger partial charge in [-0.15, -0.1) is 0 Å². The van der Waals surface area contributed by atoms with Crippen molar-refractivity contribution in [3.05, 3.63) is 60.2 Å². The Labute approximate surface area is 146 Å². The fourth-order valence-corrected chi connectivity index (χ4v) is 3.21. The van der Waals surface area contributed by atoms with Crippen molar-refractivity contribution in [3.8, 4) is 11.5 Å². The second kappa shape index (κ2) is 7.38. The van der Waals surface area contributed by atoms with Crippen molar-refractivity contribution < 1.29 is 19.4 Å². The van der Waals surface area contributed by atoms with Crippen molar-refractivity contribution in [3.63, 3.8) is 0 Å². The van der Waals surface area contributed by atoms with Crippen LogP contribution in [0, 0.1) is 0 Å². The van der Waals surface area contributed by atoms with Gasteiger partial charge in [-0.05, 0) is 49.6 Å². The first-order chi connectivity index (χ1) is 12.0. The van der Waals surface area contributed by atoms with Crippen molar-refractivity contribution >= 4 is 11.9 Å². The molecule has 2 aromatic carbocycles. The van der Waals surface area contributed by atoms with Gasteiger partial charge in [-0.25, -0.2) is 4.79 Å². The highest BCUT2D eigenvalue weighted by Crippen LogP contribution is 2.26. The van der Waals surface area contributed by atoms with Crippen LogP contribution in [-0.4, -0.2) is 34.0 Å². The summed E-state index contributed by atoms with van der Waals surface area (Å²) in [6, 6.07) is 16.0. The number of carboxylic acids is 1. The zero-order valence-electron chi connectivity index (χ0n) is 14.1. The molecule has 0 spiro atoms. The molecule has 1 heterocycles. The first-order valence-electron chi connectivity index (χ1n) is 8.40. The Morgan fingerprint density at radius 2 is 1.68 bits per heavy atom. The smallest absolute Gasteiger partial charge is 0.326 e. The Morgan fingerprint density at radius 3 is 2.32 bits per heavy atom. The highest BCUT2D eigenvalue weighted by Gasteiger charge is 2.38. The van der Waals surface area contributed by atoms with Crippen LogP contribution >= 0.6 is 0 Å². The molecule has 130 valence electrons. The van der Waals surface area contributed by atoms with Crippen molar-refractivity contribution in [2.45, 2.75) is 38.3 Å². The minimum atomic E-state index is -0.927. The molecule has 3 rings (SSSR count). The average Bonchev–Trinajstić information content (AvgIpc) is 2.99. The van der Waals surface area contributed by atoms with Crippen molar-refractivity contribution in [1.82, 2.24) is 4.90 Å². The number of carbonyl (C=O) groups excluding carboxylic acids is 1. The summed E-state index contributed by atoms with van der Waals surface area (Å²) in [6.07, 6.45) is 1.44. The molecule has 1 saturated heterocycles. The second-order valence-corrected chi connectivity index (χ2v) is 6.32. The summed E-state index contributed by atoms with van der Waals surface area (Å²) < 4.78 is 5.73. The van der Waals surface area contributed by atoms with E-state index in [4.69, 9.17) is 4.74 Å². The lowest BCUT2D eigenvalue weighted by molar-refractivity contribution is -0.149. The van der Waals surface area contributed by atoms with Gasteiger partial charge in [0.15, 0.2) is 0 Å². The molecule has 25 heavy (non-hydrogen) atoms. The first kappa shape index (κ1) is 17.0. The number of hydrogen-bond acceptors (Lipinski definition) is 3. The van der Waals surface area contributed by atoms with E-state index in [1.54, 1.807) is 0 Å². The number of nitrogens with zero attached hydrogens (tertiary/aromatic N) is 1. The zero-order valence-corrected chi connectivity index (χ0v) is 14.1. The maximum Gasteiger partial charge on any atom is 0.326 e. The number of ether oxygens (including phenoxy) is 1. The summed E-state index contributed by atoms with van der Waals surface area (Å²) in [4.78, 5) is 25.4. The van der Waals surface area contributed by atoms with Crippen LogP contribution in [0.2, 0.25) is 0 Å². The number of carbonyl (C=O) groups is 2. The highest BCUT2D eigenvalue weighted by molar-refractivity contribution is 5.86. The van der Waals surface area contributed by atoms with Crippen LogP contribution in [0.15, 0.2) is 54.6 Å². The van der Waals surface area contributed by atoms with E-state index in [2.05, 4.69) is 0 Å². The van der Waals surface area contributed by atoms with E-state index in [1.165, 1.54) is 4.90 Å². The van der Waals surface area contributed by atoms with Crippen LogP contribution in [0.3, 0.4) is 0 Å². The molecule has 1 N–H and O–H groups in total. The van der Waals surface area contributed by atoms with Crippen LogP contribution in [0.1, 0.15) is 25.3 Å². The van der Waals surface area contributed by atoms with Gasteiger partial charge in [0.25, 0.3) is 0 Å². The molecule has 2 unspecified atom stereocenters. The van der Waals surface area contributed by atoms with Gasteiger partial charge >= 0.3 is 5.97 Å². The average molecular weight is 339 g/mol. The van der Waals surface area contributed by atoms with Gasteiger partial charge in [0.2, 0.25) is 5.91 Å². The van der Waals surface area contributed by atoms with Crippen LogP contribution in [0.5, 0.6) is 11.5 Å². The Balaban J connectivity index is 1.65. The highest BCUT2D eigenvalue weighted by atomic mass is 16.5. The molecule has 0 saturated carbocycles. The maximum absolute atomic E-state index is 12.5. The molecule has 0 aliphatic carbocycles. The quantitative estimate of drug-likeness (QED) is 0.905. The molecule has 0 bridgehead atoms. The number of likely N-dealkylation sites (tertiary alicyclic amines) is 1. The largest absolute Gasteiger partial charge is 0.480 e. The molecular formula is C20H21NO4. The van der Waals surface area contributed by atoms with E-state index in [9.17, 15) is 14.7 Å². The first-order valence-corrected chi connectivity index (χ1v) is 8.40.